The smallest absolute Gasteiger partial charge is 0.320 e. The van der Waals surface area contributed by atoms with Gasteiger partial charge in [0, 0.05) is 5.56 Å². The third-order valence-corrected chi connectivity index (χ3v) is 4.50. The van der Waals surface area contributed by atoms with E-state index in [0.29, 0.717) is 29.0 Å². The molecule has 162 valence electrons. The van der Waals surface area contributed by atoms with Crippen molar-refractivity contribution < 1.29 is 33.3 Å². The van der Waals surface area contributed by atoms with Gasteiger partial charge in [-0.25, -0.2) is 0 Å². The van der Waals surface area contributed by atoms with Crippen molar-refractivity contribution in [3.63, 3.8) is 0 Å². The second-order valence-electron chi connectivity index (χ2n) is 6.02. The second-order valence-corrected chi connectivity index (χ2v) is 6.84. The molecule has 0 bridgehead atoms. The maximum Gasteiger partial charge on any atom is 0.320 e. The average Bonchev–Trinajstić information content (AvgIpc) is 3.09. The Labute approximate surface area is 172 Å². The molecule has 0 aliphatic rings. The minimum absolute atomic E-state index is 0.00902. The molecule has 0 radical (unpaired) electrons. The van der Waals surface area contributed by atoms with E-state index >= 15 is 0 Å². The van der Waals surface area contributed by atoms with Crippen LogP contribution in [0.25, 0.3) is 11.2 Å². The van der Waals surface area contributed by atoms with E-state index < -0.39 is 8.25 Å². The summed E-state index contributed by atoms with van der Waals surface area (Å²) in [6.07, 6.45) is 0. The van der Waals surface area contributed by atoms with Crippen LogP contribution in [-0.4, -0.2) is 57.0 Å². The summed E-state index contributed by atoms with van der Waals surface area (Å²) < 4.78 is 33.4. The molecule has 2 aromatic heterocycles. The van der Waals surface area contributed by atoms with Crippen molar-refractivity contribution >= 4 is 25.2 Å². The molecule has 0 aliphatic heterocycles. The average molecular weight is 439 g/mol. The van der Waals surface area contributed by atoms with Crippen molar-refractivity contribution in [2.24, 2.45) is 0 Å². The van der Waals surface area contributed by atoms with Crippen LogP contribution in [0.15, 0.2) is 18.2 Å². The molecule has 0 saturated heterocycles. The molecule has 12 nitrogen and oxygen atoms in total. The molecule has 0 aliphatic carbocycles. The van der Waals surface area contributed by atoms with E-state index in [1.807, 2.05) is 6.07 Å². The quantitative estimate of drug-likeness (QED) is 0.382. The van der Waals surface area contributed by atoms with Crippen molar-refractivity contribution in [1.29, 1.82) is 0 Å². The topological polar surface area (TPSA) is 164 Å². The molecular formula is C17H22N5O7P. The molecule has 0 saturated carbocycles. The van der Waals surface area contributed by atoms with Gasteiger partial charge in [-0.2, -0.15) is 15.0 Å². The molecule has 1 atom stereocenters. The predicted octanol–water partition coefficient (Wildman–Crippen LogP) is 0.744. The summed E-state index contributed by atoms with van der Waals surface area (Å²) >= 11 is 0. The van der Waals surface area contributed by atoms with E-state index in [-0.39, 0.29) is 37.7 Å². The minimum atomic E-state index is -3.08. The first-order chi connectivity index (χ1) is 14.5. The zero-order chi connectivity index (χ0) is 21.7. The van der Waals surface area contributed by atoms with Crippen molar-refractivity contribution in [1.82, 2.24) is 19.5 Å². The van der Waals surface area contributed by atoms with Gasteiger partial charge >= 0.3 is 14.3 Å². The summed E-state index contributed by atoms with van der Waals surface area (Å²) in [4.78, 5) is 21.6. The van der Waals surface area contributed by atoms with Crippen molar-refractivity contribution in [3.8, 4) is 17.8 Å². The van der Waals surface area contributed by atoms with E-state index in [4.69, 9.17) is 34.5 Å². The highest BCUT2D eigenvalue weighted by atomic mass is 31.1. The first-order valence-corrected chi connectivity index (χ1v) is 10.1. The number of fused-ring (bicyclic) bond motifs is 1. The zero-order valence-electron chi connectivity index (χ0n) is 16.4. The van der Waals surface area contributed by atoms with Crippen LogP contribution in [0.4, 0.5) is 5.82 Å². The minimum Gasteiger partial charge on any atom is -0.496 e. The van der Waals surface area contributed by atoms with Crippen LogP contribution in [0, 0.1) is 0 Å². The Balaban J connectivity index is 2.00. The molecule has 1 unspecified atom stereocenters. The van der Waals surface area contributed by atoms with Gasteiger partial charge in [-0.3, -0.25) is 9.13 Å². The fourth-order valence-electron chi connectivity index (χ4n) is 2.85. The number of anilines is 1. The number of benzene rings is 1. The summed E-state index contributed by atoms with van der Waals surface area (Å²) in [5, 5.41) is 8.95. The van der Waals surface area contributed by atoms with Crippen LogP contribution >= 0.6 is 8.25 Å². The number of methoxy groups -OCH3 is 2. The molecular weight excluding hydrogens is 417 g/mol. The zero-order valence-corrected chi connectivity index (χ0v) is 17.4. The first-order valence-electron chi connectivity index (χ1n) is 8.79. The Hall–Kier alpha value is -2.92. The fourth-order valence-corrected chi connectivity index (χ4v) is 3.13. The maximum absolute atomic E-state index is 10.9. The number of aromatic nitrogens is 4. The summed E-state index contributed by atoms with van der Waals surface area (Å²) in [6.45, 7) is 0.0368. The van der Waals surface area contributed by atoms with E-state index in [0.717, 1.165) is 5.56 Å². The Morgan fingerprint density at radius 2 is 2.00 bits per heavy atom. The lowest BCUT2D eigenvalue weighted by molar-refractivity contribution is 0.192. The van der Waals surface area contributed by atoms with Gasteiger partial charge in [0.1, 0.15) is 12.4 Å². The molecule has 13 heteroatoms. The number of rotatable bonds is 10. The van der Waals surface area contributed by atoms with Crippen LogP contribution in [0.5, 0.6) is 17.8 Å². The third-order valence-electron chi connectivity index (χ3n) is 4.11. The van der Waals surface area contributed by atoms with E-state index in [2.05, 4.69) is 15.0 Å². The Morgan fingerprint density at radius 3 is 2.67 bits per heavy atom. The van der Waals surface area contributed by atoms with Gasteiger partial charge in [-0.05, 0) is 17.7 Å². The molecule has 4 N–H and O–H groups in total. The number of aliphatic hydroxyl groups excluding tert-OH is 1. The molecule has 3 aromatic rings. The Kier molecular flexibility index (Phi) is 7.06. The Morgan fingerprint density at radius 1 is 1.20 bits per heavy atom. The number of nitrogen functional groups attached to an aromatic ring is 1. The summed E-state index contributed by atoms with van der Waals surface area (Å²) in [7, 11) is -0.109. The number of hydrogen-bond acceptors (Lipinski definition) is 10. The van der Waals surface area contributed by atoms with E-state index in [9.17, 15) is 4.57 Å². The van der Waals surface area contributed by atoms with Gasteiger partial charge in [0.05, 0.1) is 34.0 Å². The number of hydrogen-bond donors (Lipinski definition) is 3. The lowest BCUT2D eigenvalue weighted by Crippen LogP contribution is -2.08. The lowest BCUT2D eigenvalue weighted by Gasteiger charge is -2.12. The van der Waals surface area contributed by atoms with Crippen LogP contribution in [0.3, 0.4) is 0 Å². The van der Waals surface area contributed by atoms with Gasteiger partial charge in [0.2, 0.25) is 0 Å². The fraction of sp³-hybridized carbons (Fsp3) is 0.353. The van der Waals surface area contributed by atoms with Crippen LogP contribution in [0.2, 0.25) is 0 Å². The maximum atomic E-state index is 10.9. The van der Waals surface area contributed by atoms with E-state index in [1.165, 1.54) is 14.2 Å². The normalized spacial score (nSPS) is 12.1. The van der Waals surface area contributed by atoms with Crippen LogP contribution < -0.4 is 19.9 Å². The SMILES string of the molecule is COc1ccc(Cn2c(OC)nc3c(N)nc(OCCO)nc32)cc1CO[PH](=O)O. The second kappa shape index (κ2) is 9.72. The highest BCUT2D eigenvalue weighted by Gasteiger charge is 2.19. The van der Waals surface area contributed by atoms with Gasteiger partial charge in [0.25, 0.3) is 6.01 Å². The number of aliphatic hydroxyl groups is 1. The van der Waals surface area contributed by atoms with Gasteiger partial charge in [0.15, 0.2) is 17.0 Å². The standard InChI is InChI=1S/C17H22N5O7P/c1-26-12-4-3-10(7-11(12)9-29-30(24)25)8-22-15-13(19-17(22)27-2)14(18)20-16(21-15)28-6-5-23/h3-4,7,23,30H,5-6,8-9H2,1-2H3,(H,24,25)(H2,18,20,21). The van der Waals surface area contributed by atoms with Crippen LogP contribution in [-0.2, 0) is 22.2 Å². The summed E-state index contributed by atoms with van der Waals surface area (Å²) in [5.74, 6) is 0.637. The number of ether oxygens (including phenoxy) is 3. The van der Waals surface area contributed by atoms with Crippen molar-refractivity contribution in [2.75, 3.05) is 33.2 Å². The molecule has 3 rings (SSSR count). The first kappa shape index (κ1) is 21.8. The van der Waals surface area contributed by atoms with Crippen molar-refractivity contribution in [3.05, 3.63) is 29.3 Å². The number of imidazole rings is 1. The predicted molar refractivity (Wildman–Crippen MR) is 107 cm³/mol. The number of nitrogens with zero attached hydrogens (tertiary/aromatic N) is 4. The van der Waals surface area contributed by atoms with Gasteiger partial charge < -0.3 is 34.5 Å². The Bertz CT molecular complexity index is 1060. The largest absolute Gasteiger partial charge is 0.496 e. The molecule has 2 heterocycles. The summed E-state index contributed by atoms with van der Waals surface area (Å²) in [6, 6.07) is 5.60. The van der Waals surface area contributed by atoms with E-state index in [1.54, 1.807) is 16.7 Å². The van der Waals surface area contributed by atoms with Crippen molar-refractivity contribution in [2.45, 2.75) is 13.2 Å². The molecule has 1 aromatic carbocycles. The number of nitrogens with two attached hydrogens (primary N) is 1. The highest BCUT2D eigenvalue weighted by Crippen LogP contribution is 2.29. The lowest BCUT2D eigenvalue weighted by atomic mass is 10.1. The molecule has 0 amide bonds. The molecule has 0 spiro atoms. The summed E-state index contributed by atoms with van der Waals surface area (Å²) in [5.41, 5.74) is 8.13. The molecule has 30 heavy (non-hydrogen) atoms. The van der Waals surface area contributed by atoms with Crippen LogP contribution in [0.1, 0.15) is 11.1 Å². The van der Waals surface area contributed by atoms with Gasteiger partial charge in [-0.1, -0.05) is 6.07 Å². The monoisotopic (exact) mass is 439 g/mol. The third kappa shape index (κ3) is 4.79. The van der Waals surface area contributed by atoms with Gasteiger partial charge in [-0.15, -0.1) is 0 Å². The molecule has 0 fully saturated rings. The highest BCUT2D eigenvalue weighted by molar-refractivity contribution is 7.32.